The van der Waals surface area contributed by atoms with E-state index in [9.17, 15) is 4.79 Å². The number of piperidine rings is 1. The van der Waals surface area contributed by atoms with Gasteiger partial charge in [0.25, 0.3) is 5.91 Å². The molecule has 1 amide bonds. The van der Waals surface area contributed by atoms with Crippen LogP contribution in [0.1, 0.15) is 30.1 Å². The highest BCUT2D eigenvalue weighted by Gasteiger charge is 2.29. The quantitative estimate of drug-likeness (QED) is 0.561. The van der Waals surface area contributed by atoms with E-state index in [1.165, 1.54) is 6.20 Å². The average Bonchev–Trinajstić information content (AvgIpc) is 2.48. The third-order valence-electron chi connectivity index (χ3n) is 4.09. The molecule has 0 aromatic carbocycles. The number of rotatable bonds is 4. The Labute approximate surface area is 119 Å². The standard InChI is InChI=1S/C14H23N5O/c1-14(4-7-19(2)8-5-14)10-17-13(20)11-9-16-6-3-12(11)18-15/h3,6,9H,4-5,7-8,10,15H2,1-2H3,(H,16,18)(H,17,20). The Kier molecular flexibility index (Phi) is 4.57. The summed E-state index contributed by atoms with van der Waals surface area (Å²) in [5.41, 5.74) is 3.76. The first-order valence-electron chi connectivity index (χ1n) is 6.91. The zero-order valence-corrected chi connectivity index (χ0v) is 12.1. The molecule has 1 aromatic heterocycles. The molecular formula is C14H23N5O. The Morgan fingerprint density at radius 2 is 2.20 bits per heavy atom. The van der Waals surface area contributed by atoms with Crippen molar-refractivity contribution in [2.24, 2.45) is 11.3 Å². The zero-order valence-electron chi connectivity index (χ0n) is 12.1. The van der Waals surface area contributed by atoms with Crippen molar-refractivity contribution in [2.45, 2.75) is 19.8 Å². The highest BCUT2D eigenvalue weighted by atomic mass is 16.1. The van der Waals surface area contributed by atoms with E-state index in [1.54, 1.807) is 12.3 Å². The number of nitrogens with zero attached hydrogens (tertiary/aromatic N) is 2. The number of anilines is 1. The largest absolute Gasteiger partial charge is 0.351 e. The minimum atomic E-state index is -0.133. The Bertz CT molecular complexity index is 468. The number of nitrogens with two attached hydrogens (primary N) is 1. The number of likely N-dealkylation sites (tertiary alicyclic amines) is 1. The van der Waals surface area contributed by atoms with Gasteiger partial charge in [0.15, 0.2) is 0 Å². The van der Waals surface area contributed by atoms with Gasteiger partial charge in [0.2, 0.25) is 0 Å². The predicted molar refractivity (Wildman–Crippen MR) is 79.2 cm³/mol. The molecule has 4 N–H and O–H groups in total. The molecule has 2 heterocycles. The molecule has 1 fully saturated rings. The molecule has 0 atom stereocenters. The first-order valence-corrected chi connectivity index (χ1v) is 6.91. The van der Waals surface area contributed by atoms with Crippen molar-refractivity contribution < 1.29 is 4.79 Å². The molecular weight excluding hydrogens is 254 g/mol. The molecule has 6 nitrogen and oxygen atoms in total. The number of hydrogen-bond acceptors (Lipinski definition) is 5. The number of hydrogen-bond donors (Lipinski definition) is 3. The lowest BCUT2D eigenvalue weighted by molar-refractivity contribution is 0.0892. The van der Waals surface area contributed by atoms with Crippen LogP contribution in [0.15, 0.2) is 18.5 Å². The van der Waals surface area contributed by atoms with E-state index < -0.39 is 0 Å². The lowest BCUT2D eigenvalue weighted by Gasteiger charge is -2.38. The second-order valence-electron chi connectivity index (χ2n) is 5.86. The Hall–Kier alpha value is -1.66. The smallest absolute Gasteiger partial charge is 0.255 e. The summed E-state index contributed by atoms with van der Waals surface area (Å²) in [6, 6.07) is 1.69. The van der Waals surface area contributed by atoms with E-state index in [2.05, 4.69) is 34.6 Å². The van der Waals surface area contributed by atoms with Gasteiger partial charge in [-0.3, -0.25) is 15.6 Å². The van der Waals surface area contributed by atoms with Gasteiger partial charge in [-0.05, 0) is 44.5 Å². The molecule has 0 spiro atoms. The van der Waals surface area contributed by atoms with E-state index in [0.29, 0.717) is 17.8 Å². The van der Waals surface area contributed by atoms with Crippen molar-refractivity contribution in [3.05, 3.63) is 24.0 Å². The summed E-state index contributed by atoms with van der Waals surface area (Å²) in [7, 11) is 2.13. The fourth-order valence-corrected chi connectivity index (χ4v) is 2.43. The molecule has 110 valence electrons. The van der Waals surface area contributed by atoms with E-state index in [1.807, 2.05) is 0 Å². The molecule has 1 aliphatic heterocycles. The lowest BCUT2D eigenvalue weighted by Crippen LogP contribution is -2.43. The second-order valence-corrected chi connectivity index (χ2v) is 5.86. The van der Waals surface area contributed by atoms with Gasteiger partial charge in [-0.15, -0.1) is 0 Å². The first kappa shape index (κ1) is 14.7. The number of aromatic nitrogens is 1. The minimum absolute atomic E-state index is 0.133. The van der Waals surface area contributed by atoms with E-state index in [-0.39, 0.29) is 11.3 Å². The summed E-state index contributed by atoms with van der Waals surface area (Å²) in [6.45, 7) is 5.06. The normalized spacial score (nSPS) is 18.6. The van der Waals surface area contributed by atoms with Crippen LogP contribution in [0.4, 0.5) is 5.69 Å². The van der Waals surface area contributed by atoms with Crippen LogP contribution in [0.5, 0.6) is 0 Å². The number of carbonyl (C=O) groups is 1. The van der Waals surface area contributed by atoms with Crippen LogP contribution in [0.3, 0.4) is 0 Å². The summed E-state index contributed by atoms with van der Waals surface area (Å²) >= 11 is 0. The van der Waals surface area contributed by atoms with Crippen LogP contribution >= 0.6 is 0 Å². The molecule has 1 aliphatic rings. The van der Waals surface area contributed by atoms with E-state index in [0.717, 1.165) is 25.9 Å². The fraction of sp³-hybridized carbons (Fsp3) is 0.571. The van der Waals surface area contributed by atoms with Crippen LogP contribution in [0.25, 0.3) is 0 Å². The molecule has 0 unspecified atom stereocenters. The van der Waals surface area contributed by atoms with Crippen LogP contribution in [0.2, 0.25) is 0 Å². The molecule has 20 heavy (non-hydrogen) atoms. The van der Waals surface area contributed by atoms with Crippen molar-refractivity contribution in [2.75, 3.05) is 32.1 Å². The van der Waals surface area contributed by atoms with Crippen LogP contribution in [0, 0.1) is 5.41 Å². The minimum Gasteiger partial charge on any atom is -0.351 e. The summed E-state index contributed by atoms with van der Waals surface area (Å²) in [4.78, 5) is 18.5. The summed E-state index contributed by atoms with van der Waals surface area (Å²) in [5.74, 6) is 5.27. The van der Waals surface area contributed by atoms with Gasteiger partial charge in [-0.2, -0.15) is 0 Å². The van der Waals surface area contributed by atoms with Gasteiger partial charge in [-0.1, -0.05) is 6.92 Å². The zero-order chi connectivity index (χ0) is 14.6. The van der Waals surface area contributed by atoms with Crippen molar-refractivity contribution >= 4 is 11.6 Å². The Morgan fingerprint density at radius 3 is 2.85 bits per heavy atom. The number of nitrogens with one attached hydrogen (secondary N) is 2. The third-order valence-corrected chi connectivity index (χ3v) is 4.09. The first-order chi connectivity index (χ1) is 9.54. The van der Waals surface area contributed by atoms with Crippen molar-refractivity contribution in [3.8, 4) is 0 Å². The molecule has 2 rings (SSSR count). The third kappa shape index (κ3) is 3.46. The van der Waals surface area contributed by atoms with Gasteiger partial charge in [0.1, 0.15) is 0 Å². The Morgan fingerprint density at radius 1 is 1.50 bits per heavy atom. The van der Waals surface area contributed by atoms with Crippen LogP contribution < -0.4 is 16.6 Å². The highest BCUT2D eigenvalue weighted by molar-refractivity contribution is 5.99. The number of nitrogen functional groups attached to an aromatic ring is 1. The molecule has 1 saturated heterocycles. The van der Waals surface area contributed by atoms with Gasteiger partial charge in [-0.25, -0.2) is 0 Å². The van der Waals surface area contributed by atoms with Crippen LogP contribution in [-0.4, -0.2) is 42.5 Å². The average molecular weight is 277 g/mol. The molecule has 1 aromatic rings. The van der Waals surface area contributed by atoms with E-state index in [4.69, 9.17) is 5.84 Å². The Balaban J connectivity index is 1.95. The van der Waals surface area contributed by atoms with Crippen molar-refractivity contribution in [1.82, 2.24) is 15.2 Å². The van der Waals surface area contributed by atoms with Crippen molar-refractivity contribution in [1.29, 1.82) is 0 Å². The summed E-state index contributed by atoms with van der Waals surface area (Å²) in [6.07, 6.45) is 5.32. The summed E-state index contributed by atoms with van der Waals surface area (Å²) in [5, 5.41) is 3.01. The topological polar surface area (TPSA) is 83.3 Å². The SMILES string of the molecule is CN1CCC(C)(CNC(=O)c2cnccc2NN)CC1. The number of carbonyl (C=O) groups excluding carboxylic acids is 1. The monoisotopic (exact) mass is 277 g/mol. The molecule has 0 aliphatic carbocycles. The number of hydrazine groups is 1. The lowest BCUT2D eigenvalue weighted by atomic mass is 9.80. The molecule has 0 bridgehead atoms. The molecule has 0 radical (unpaired) electrons. The number of amides is 1. The van der Waals surface area contributed by atoms with Crippen LogP contribution in [-0.2, 0) is 0 Å². The molecule has 6 heteroatoms. The number of pyridine rings is 1. The maximum atomic E-state index is 12.2. The van der Waals surface area contributed by atoms with Crippen molar-refractivity contribution in [3.63, 3.8) is 0 Å². The highest BCUT2D eigenvalue weighted by Crippen LogP contribution is 2.29. The van der Waals surface area contributed by atoms with Gasteiger partial charge in [0.05, 0.1) is 11.3 Å². The molecule has 0 saturated carbocycles. The predicted octanol–water partition coefficient (Wildman–Crippen LogP) is 0.829. The second kappa shape index (κ2) is 6.19. The van der Waals surface area contributed by atoms with Gasteiger partial charge < -0.3 is 15.6 Å². The maximum Gasteiger partial charge on any atom is 0.255 e. The van der Waals surface area contributed by atoms with Gasteiger partial charge in [0, 0.05) is 18.9 Å². The fourth-order valence-electron chi connectivity index (χ4n) is 2.43. The van der Waals surface area contributed by atoms with Gasteiger partial charge >= 0.3 is 0 Å². The summed E-state index contributed by atoms with van der Waals surface area (Å²) < 4.78 is 0. The maximum absolute atomic E-state index is 12.2. The van der Waals surface area contributed by atoms with E-state index >= 15 is 0 Å².